The van der Waals surface area contributed by atoms with Gasteiger partial charge in [-0.25, -0.2) is 4.39 Å². The number of amides is 1. The summed E-state index contributed by atoms with van der Waals surface area (Å²) in [6, 6.07) is 6.08. The third-order valence-electron chi connectivity index (χ3n) is 3.83. The van der Waals surface area contributed by atoms with Crippen LogP contribution < -0.4 is 10.6 Å². The molecule has 4 nitrogen and oxygen atoms in total. The van der Waals surface area contributed by atoms with E-state index in [-0.39, 0.29) is 36.5 Å². The second-order valence-electron chi connectivity index (χ2n) is 6.02. The van der Waals surface area contributed by atoms with E-state index in [0.717, 1.165) is 25.2 Å². The van der Waals surface area contributed by atoms with Crippen LogP contribution in [-0.4, -0.2) is 43.0 Å². The second-order valence-corrected chi connectivity index (χ2v) is 6.02. The number of nitrogens with zero attached hydrogens (tertiary/aromatic N) is 2. The predicted molar refractivity (Wildman–Crippen MR) is 97.1 cm³/mol. The molecule has 0 unspecified atom stereocenters. The van der Waals surface area contributed by atoms with Crippen molar-refractivity contribution in [2.45, 2.75) is 26.3 Å². The molecule has 0 aliphatic carbocycles. The molecule has 0 bridgehead atoms. The highest BCUT2D eigenvalue weighted by Crippen LogP contribution is 2.17. The summed E-state index contributed by atoms with van der Waals surface area (Å²) in [5.74, 6) is 0.235. The number of hydrogen-bond donors (Lipinski definition) is 1. The Bertz CT molecular complexity index is 477. The summed E-state index contributed by atoms with van der Waals surface area (Å²) in [4.78, 5) is 16.3. The van der Waals surface area contributed by atoms with E-state index in [1.807, 2.05) is 4.90 Å². The predicted octanol–water partition coefficient (Wildman–Crippen LogP) is 2.69. The maximum Gasteiger partial charge on any atom is 0.239 e. The van der Waals surface area contributed by atoms with E-state index in [9.17, 15) is 9.18 Å². The lowest BCUT2D eigenvalue weighted by molar-refractivity contribution is -0.133. The van der Waals surface area contributed by atoms with Gasteiger partial charge in [0.15, 0.2) is 0 Å². The van der Waals surface area contributed by atoms with Gasteiger partial charge in [0.1, 0.15) is 5.82 Å². The largest absolute Gasteiger partial charge is 0.368 e. The van der Waals surface area contributed by atoms with Crippen LogP contribution >= 0.6 is 24.8 Å². The molecular formula is C16H26Cl2FN3O. The summed E-state index contributed by atoms with van der Waals surface area (Å²) in [5.41, 5.74) is 6.96. The Morgan fingerprint density at radius 1 is 1.13 bits per heavy atom. The number of hydrogen-bond acceptors (Lipinski definition) is 3. The normalized spacial score (nSPS) is 15.7. The molecule has 1 saturated heterocycles. The van der Waals surface area contributed by atoms with E-state index < -0.39 is 6.04 Å². The van der Waals surface area contributed by atoms with Gasteiger partial charge in [0.2, 0.25) is 5.91 Å². The van der Waals surface area contributed by atoms with Gasteiger partial charge in [-0.3, -0.25) is 4.79 Å². The van der Waals surface area contributed by atoms with Gasteiger partial charge in [0, 0.05) is 31.9 Å². The first-order chi connectivity index (χ1) is 9.97. The van der Waals surface area contributed by atoms with E-state index in [1.165, 1.54) is 12.1 Å². The van der Waals surface area contributed by atoms with Crippen molar-refractivity contribution < 1.29 is 9.18 Å². The highest BCUT2D eigenvalue weighted by atomic mass is 35.5. The average Bonchev–Trinajstić information content (AvgIpc) is 2.47. The molecule has 23 heavy (non-hydrogen) atoms. The number of carbonyl (C=O) groups is 1. The van der Waals surface area contributed by atoms with Crippen LogP contribution in [0.5, 0.6) is 0 Å². The maximum atomic E-state index is 12.9. The zero-order valence-corrected chi connectivity index (χ0v) is 15.2. The Hall–Kier alpha value is -1.04. The van der Waals surface area contributed by atoms with Gasteiger partial charge >= 0.3 is 0 Å². The Morgan fingerprint density at radius 3 is 2.13 bits per heavy atom. The van der Waals surface area contributed by atoms with Crippen LogP contribution in [0.15, 0.2) is 24.3 Å². The first-order valence-corrected chi connectivity index (χ1v) is 7.52. The molecule has 1 aliphatic rings. The molecule has 1 amide bonds. The van der Waals surface area contributed by atoms with Crippen molar-refractivity contribution in [3.05, 3.63) is 30.1 Å². The van der Waals surface area contributed by atoms with Gasteiger partial charge in [-0.1, -0.05) is 13.8 Å². The topological polar surface area (TPSA) is 49.6 Å². The third kappa shape index (κ3) is 6.16. The summed E-state index contributed by atoms with van der Waals surface area (Å²) in [5, 5.41) is 0. The van der Waals surface area contributed by atoms with Gasteiger partial charge in [-0.15, -0.1) is 24.8 Å². The number of halogens is 3. The lowest BCUT2D eigenvalue weighted by atomic mass is 10.0. The fraction of sp³-hybridized carbons (Fsp3) is 0.562. The molecule has 0 aromatic heterocycles. The lowest BCUT2D eigenvalue weighted by Crippen LogP contribution is -2.53. The fourth-order valence-electron chi connectivity index (χ4n) is 2.68. The molecule has 132 valence electrons. The van der Waals surface area contributed by atoms with Crippen LogP contribution in [0.25, 0.3) is 0 Å². The average molecular weight is 366 g/mol. The molecule has 1 aromatic rings. The standard InChI is InChI=1S/C16H24FN3O.2ClH/c1-12(2)11-15(18)16(21)20-9-7-19(8-10-20)14-5-3-13(17)4-6-14;;/h3-6,12,15H,7-11,18H2,1-2H3;2*1H/t15-;;/m0../s1. The molecule has 1 heterocycles. The second kappa shape index (κ2) is 9.96. The Balaban J connectivity index is 0.00000242. The summed E-state index contributed by atoms with van der Waals surface area (Å²) < 4.78 is 12.9. The van der Waals surface area contributed by atoms with E-state index in [4.69, 9.17) is 5.73 Å². The SMILES string of the molecule is CC(C)C[C@H](N)C(=O)N1CCN(c2ccc(F)cc2)CC1.Cl.Cl. The molecule has 0 spiro atoms. The van der Waals surface area contributed by atoms with E-state index >= 15 is 0 Å². The van der Waals surface area contributed by atoms with Crippen molar-refractivity contribution in [1.29, 1.82) is 0 Å². The third-order valence-corrected chi connectivity index (χ3v) is 3.83. The first-order valence-electron chi connectivity index (χ1n) is 7.52. The number of carbonyl (C=O) groups excluding carboxylic acids is 1. The molecule has 1 aromatic carbocycles. The van der Waals surface area contributed by atoms with Crippen LogP contribution in [0.1, 0.15) is 20.3 Å². The van der Waals surface area contributed by atoms with Crippen molar-refractivity contribution in [3.63, 3.8) is 0 Å². The molecular weight excluding hydrogens is 340 g/mol. The highest BCUT2D eigenvalue weighted by Gasteiger charge is 2.25. The smallest absolute Gasteiger partial charge is 0.239 e. The Morgan fingerprint density at radius 2 is 1.65 bits per heavy atom. The summed E-state index contributed by atoms with van der Waals surface area (Å²) in [7, 11) is 0. The van der Waals surface area contributed by atoms with E-state index in [1.54, 1.807) is 12.1 Å². The monoisotopic (exact) mass is 365 g/mol. The minimum Gasteiger partial charge on any atom is -0.368 e. The van der Waals surface area contributed by atoms with Gasteiger partial charge in [0.25, 0.3) is 0 Å². The van der Waals surface area contributed by atoms with Crippen molar-refractivity contribution in [3.8, 4) is 0 Å². The lowest BCUT2D eigenvalue weighted by Gasteiger charge is -2.37. The first kappa shape index (κ1) is 22.0. The zero-order chi connectivity index (χ0) is 15.4. The highest BCUT2D eigenvalue weighted by molar-refractivity contribution is 5.85. The van der Waals surface area contributed by atoms with E-state index in [2.05, 4.69) is 18.7 Å². The molecule has 0 radical (unpaired) electrons. The molecule has 1 atom stereocenters. The molecule has 2 N–H and O–H groups in total. The maximum absolute atomic E-state index is 12.9. The molecule has 7 heteroatoms. The molecule has 1 aliphatic heterocycles. The summed E-state index contributed by atoms with van der Waals surface area (Å²) in [6.45, 7) is 6.99. The van der Waals surface area contributed by atoms with Crippen LogP contribution in [0.3, 0.4) is 0 Å². The Kier molecular flexibility index (Phi) is 9.51. The van der Waals surface area contributed by atoms with Gasteiger partial charge in [-0.05, 0) is 36.6 Å². The quantitative estimate of drug-likeness (QED) is 0.892. The van der Waals surface area contributed by atoms with Gasteiger partial charge < -0.3 is 15.5 Å². The molecule has 0 saturated carbocycles. The van der Waals surface area contributed by atoms with Crippen molar-refractivity contribution in [1.82, 2.24) is 4.90 Å². The fourth-order valence-corrected chi connectivity index (χ4v) is 2.68. The molecule has 1 fully saturated rings. The van der Waals surface area contributed by atoms with Crippen molar-refractivity contribution in [2.75, 3.05) is 31.1 Å². The van der Waals surface area contributed by atoms with E-state index in [0.29, 0.717) is 19.0 Å². The van der Waals surface area contributed by atoms with Crippen molar-refractivity contribution in [2.24, 2.45) is 11.7 Å². The van der Waals surface area contributed by atoms with Crippen LogP contribution in [-0.2, 0) is 4.79 Å². The minimum absolute atomic E-state index is 0. The number of rotatable bonds is 4. The summed E-state index contributed by atoms with van der Waals surface area (Å²) >= 11 is 0. The van der Waals surface area contributed by atoms with Gasteiger partial charge in [-0.2, -0.15) is 0 Å². The number of nitrogens with two attached hydrogens (primary N) is 1. The number of anilines is 1. The van der Waals surface area contributed by atoms with Crippen LogP contribution in [0.2, 0.25) is 0 Å². The molecule has 2 rings (SSSR count). The van der Waals surface area contributed by atoms with Gasteiger partial charge in [0.05, 0.1) is 6.04 Å². The summed E-state index contributed by atoms with van der Waals surface area (Å²) in [6.07, 6.45) is 0.719. The van der Waals surface area contributed by atoms with Crippen LogP contribution in [0.4, 0.5) is 10.1 Å². The Labute approximate surface area is 150 Å². The number of benzene rings is 1. The van der Waals surface area contributed by atoms with Crippen molar-refractivity contribution >= 4 is 36.4 Å². The minimum atomic E-state index is -0.401. The van der Waals surface area contributed by atoms with Crippen LogP contribution in [0, 0.1) is 11.7 Å². The number of piperazine rings is 1. The zero-order valence-electron chi connectivity index (χ0n) is 13.6.